The Labute approximate surface area is 116 Å². The van der Waals surface area contributed by atoms with Crippen molar-refractivity contribution in [1.82, 2.24) is 4.98 Å². The third-order valence-electron chi connectivity index (χ3n) is 3.38. The van der Waals surface area contributed by atoms with Crippen molar-refractivity contribution in [3.05, 3.63) is 23.5 Å². The number of carbonyl (C=O) groups excluding carboxylic acids is 1. The summed E-state index contributed by atoms with van der Waals surface area (Å²) < 4.78 is 0. The summed E-state index contributed by atoms with van der Waals surface area (Å²) in [5.41, 5.74) is 3.16. The lowest BCUT2D eigenvalue weighted by Crippen LogP contribution is -2.22. The SMILES string of the molecule is Cc1cc(NC(=O)C(C)CCC(C)(C)C)cnc1C. The molecular formula is C16H26N2O. The van der Waals surface area contributed by atoms with Gasteiger partial charge in [-0.2, -0.15) is 0 Å². The molecule has 1 aromatic rings. The Kier molecular flexibility index (Phi) is 5.10. The van der Waals surface area contributed by atoms with E-state index in [1.807, 2.05) is 26.8 Å². The lowest BCUT2D eigenvalue weighted by Gasteiger charge is -2.20. The Bertz CT molecular complexity index is 447. The normalized spacial score (nSPS) is 13.2. The van der Waals surface area contributed by atoms with Gasteiger partial charge in [0.2, 0.25) is 5.91 Å². The summed E-state index contributed by atoms with van der Waals surface area (Å²) in [4.78, 5) is 16.3. The van der Waals surface area contributed by atoms with Crippen LogP contribution in [0.1, 0.15) is 51.8 Å². The van der Waals surface area contributed by atoms with Gasteiger partial charge in [-0.3, -0.25) is 9.78 Å². The topological polar surface area (TPSA) is 42.0 Å². The van der Waals surface area contributed by atoms with Gasteiger partial charge in [-0.05, 0) is 43.7 Å². The molecule has 1 amide bonds. The molecule has 0 aliphatic heterocycles. The number of rotatable bonds is 4. The predicted molar refractivity (Wildman–Crippen MR) is 80.2 cm³/mol. The summed E-state index contributed by atoms with van der Waals surface area (Å²) in [5.74, 6) is 0.107. The zero-order chi connectivity index (χ0) is 14.6. The van der Waals surface area contributed by atoms with Crippen molar-refractivity contribution >= 4 is 11.6 Å². The van der Waals surface area contributed by atoms with Gasteiger partial charge in [-0.1, -0.05) is 27.7 Å². The van der Waals surface area contributed by atoms with Crippen LogP contribution in [-0.2, 0) is 4.79 Å². The Morgan fingerprint density at radius 1 is 1.37 bits per heavy atom. The van der Waals surface area contributed by atoms with E-state index in [0.717, 1.165) is 29.8 Å². The molecule has 1 N–H and O–H groups in total. The second-order valence-electron chi connectivity index (χ2n) is 6.62. The van der Waals surface area contributed by atoms with Gasteiger partial charge in [-0.25, -0.2) is 0 Å². The summed E-state index contributed by atoms with van der Waals surface area (Å²) in [5, 5.41) is 2.94. The summed E-state index contributed by atoms with van der Waals surface area (Å²) in [7, 11) is 0. The minimum absolute atomic E-state index is 0.0286. The molecule has 106 valence electrons. The molecule has 0 spiro atoms. The van der Waals surface area contributed by atoms with Gasteiger partial charge in [0.15, 0.2) is 0 Å². The molecule has 1 heterocycles. The lowest BCUT2D eigenvalue weighted by atomic mass is 9.87. The van der Waals surface area contributed by atoms with Gasteiger partial charge in [0.05, 0.1) is 11.9 Å². The van der Waals surface area contributed by atoms with Crippen LogP contribution in [0.25, 0.3) is 0 Å². The molecule has 3 nitrogen and oxygen atoms in total. The molecule has 0 bridgehead atoms. The fourth-order valence-corrected chi connectivity index (χ4v) is 1.76. The van der Waals surface area contributed by atoms with Crippen LogP contribution in [-0.4, -0.2) is 10.9 Å². The van der Waals surface area contributed by atoms with Crippen LogP contribution >= 0.6 is 0 Å². The molecule has 0 saturated heterocycles. The fourth-order valence-electron chi connectivity index (χ4n) is 1.76. The van der Waals surface area contributed by atoms with E-state index in [-0.39, 0.29) is 17.2 Å². The van der Waals surface area contributed by atoms with Crippen LogP contribution in [0, 0.1) is 25.2 Å². The maximum absolute atomic E-state index is 12.1. The summed E-state index contributed by atoms with van der Waals surface area (Å²) in [6.45, 7) is 12.5. The van der Waals surface area contributed by atoms with Gasteiger partial charge in [0.1, 0.15) is 0 Å². The highest BCUT2D eigenvalue weighted by Gasteiger charge is 2.17. The number of nitrogens with one attached hydrogen (secondary N) is 1. The first kappa shape index (κ1) is 15.7. The van der Waals surface area contributed by atoms with Crippen molar-refractivity contribution in [2.75, 3.05) is 5.32 Å². The minimum Gasteiger partial charge on any atom is -0.324 e. The second-order valence-corrected chi connectivity index (χ2v) is 6.62. The number of carbonyl (C=O) groups is 1. The van der Waals surface area contributed by atoms with E-state index < -0.39 is 0 Å². The van der Waals surface area contributed by atoms with E-state index in [0.29, 0.717) is 0 Å². The highest BCUT2D eigenvalue weighted by Crippen LogP contribution is 2.24. The van der Waals surface area contributed by atoms with Crippen molar-refractivity contribution in [3.63, 3.8) is 0 Å². The Morgan fingerprint density at radius 3 is 2.53 bits per heavy atom. The van der Waals surface area contributed by atoms with Gasteiger partial charge >= 0.3 is 0 Å². The molecule has 1 rings (SSSR count). The minimum atomic E-state index is 0.0286. The van der Waals surface area contributed by atoms with Crippen LogP contribution in [0.3, 0.4) is 0 Å². The molecule has 1 unspecified atom stereocenters. The largest absolute Gasteiger partial charge is 0.324 e. The van der Waals surface area contributed by atoms with Crippen LogP contribution in [0.4, 0.5) is 5.69 Å². The van der Waals surface area contributed by atoms with Crippen LogP contribution in [0.15, 0.2) is 12.3 Å². The second kappa shape index (κ2) is 6.18. The highest BCUT2D eigenvalue weighted by atomic mass is 16.1. The summed E-state index contributed by atoms with van der Waals surface area (Å²) in [6.07, 6.45) is 3.68. The van der Waals surface area contributed by atoms with Crippen molar-refractivity contribution in [1.29, 1.82) is 0 Å². The quantitative estimate of drug-likeness (QED) is 0.887. The van der Waals surface area contributed by atoms with E-state index in [1.165, 1.54) is 0 Å². The average molecular weight is 262 g/mol. The first-order valence-corrected chi connectivity index (χ1v) is 6.93. The number of pyridine rings is 1. The van der Waals surface area contributed by atoms with Gasteiger partial charge in [-0.15, -0.1) is 0 Å². The predicted octanol–water partition coefficient (Wildman–Crippen LogP) is 4.10. The Balaban J connectivity index is 2.56. The molecule has 1 aromatic heterocycles. The third kappa shape index (κ3) is 5.41. The van der Waals surface area contributed by atoms with Crippen molar-refractivity contribution in [3.8, 4) is 0 Å². The zero-order valence-corrected chi connectivity index (χ0v) is 13.0. The van der Waals surface area contributed by atoms with Crippen molar-refractivity contribution < 1.29 is 4.79 Å². The van der Waals surface area contributed by atoms with Crippen LogP contribution in [0.5, 0.6) is 0 Å². The zero-order valence-electron chi connectivity index (χ0n) is 13.0. The first-order chi connectivity index (χ1) is 8.69. The molecule has 19 heavy (non-hydrogen) atoms. The molecular weight excluding hydrogens is 236 g/mol. The van der Waals surface area contributed by atoms with Crippen LogP contribution in [0.2, 0.25) is 0 Å². The number of hydrogen-bond donors (Lipinski definition) is 1. The number of aromatic nitrogens is 1. The van der Waals surface area contributed by atoms with E-state index in [1.54, 1.807) is 6.20 Å². The monoisotopic (exact) mass is 262 g/mol. The fraction of sp³-hybridized carbons (Fsp3) is 0.625. The van der Waals surface area contributed by atoms with Crippen molar-refractivity contribution in [2.24, 2.45) is 11.3 Å². The molecule has 0 saturated carbocycles. The maximum Gasteiger partial charge on any atom is 0.227 e. The van der Waals surface area contributed by atoms with E-state index in [9.17, 15) is 4.79 Å². The highest BCUT2D eigenvalue weighted by molar-refractivity contribution is 5.92. The maximum atomic E-state index is 12.1. The molecule has 0 radical (unpaired) electrons. The third-order valence-corrected chi connectivity index (χ3v) is 3.38. The van der Waals surface area contributed by atoms with E-state index in [2.05, 4.69) is 31.1 Å². The van der Waals surface area contributed by atoms with Gasteiger partial charge in [0.25, 0.3) is 0 Å². The molecule has 0 aromatic carbocycles. The van der Waals surface area contributed by atoms with E-state index >= 15 is 0 Å². The standard InChI is InChI=1S/C16H26N2O/c1-11(7-8-16(4,5)6)15(19)18-14-9-12(2)13(3)17-10-14/h9-11H,7-8H2,1-6H3,(H,18,19). The van der Waals surface area contributed by atoms with E-state index in [4.69, 9.17) is 0 Å². The number of nitrogens with zero attached hydrogens (tertiary/aromatic N) is 1. The van der Waals surface area contributed by atoms with Crippen molar-refractivity contribution in [2.45, 2.75) is 54.4 Å². The summed E-state index contributed by atoms with van der Waals surface area (Å²) in [6, 6.07) is 1.97. The molecule has 1 atom stereocenters. The Hall–Kier alpha value is -1.38. The molecule has 3 heteroatoms. The molecule has 0 fully saturated rings. The number of aryl methyl sites for hydroxylation is 2. The molecule has 0 aliphatic rings. The lowest BCUT2D eigenvalue weighted by molar-refractivity contribution is -0.119. The molecule has 0 aliphatic carbocycles. The van der Waals surface area contributed by atoms with Crippen LogP contribution < -0.4 is 5.32 Å². The van der Waals surface area contributed by atoms with Gasteiger partial charge in [0, 0.05) is 11.6 Å². The Morgan fingerprint density at radius 2 is 2.00 bits per heavy atom. The smallest absolute Gasteiger partial charge is 0.227 e. The number of anilines is 1. The van der Waals surface area contributed by atoms with Gasteiger partial charge < -0.3 is 5.32 Å². The summed E-state index contributed by atoms with van der Waals surface area (Å²) >= 11 is 0. The first-order valence-electron chi connectivity index (χ1n) is 6.93. The number of amides is 1. The number of hydrogen-bond acceptors (Lipinski definition) is 2. The average Bonchev–Trinajstić information content (AvgIpc) is 2.29.